The van der Waals surface area contributed by atoms with E-state index in [9.17, 15) is 18.6 Å². The first-order valence-corrected chi connectivity index (χ1v) is 11.3. The summed E-state index contributed by atoms with van der Waals surface area (Å²) in [5.74, 6) is 0.498. The molecule has 0 saturated carbocycles. The third-order valence-corrected chi connectivity index (χ3v) is 5.94. The Morgan fingerprint density at radius 1 is 1.28 bits per heavy atom. The predicted molar refractivity (Wildman–Crippen MR) is 114 cm³/mol. The Hall–Kier alpha value is -2.68. The largest absolute Gasteiger partial charge is 0.386 e. The van der Waals surface area contributed by atoms with Gasteiger partial charge in [0.25, 0.3) is 0 Å². The van der Waals surface area contributed by atoms with E-state index in [1.54, 1.807) is 0 Å². The van der Waals surface area contributed by atoms with Gasteiger partial charge in [0.05, 0.1) is 19.0 Å². The van der Waals surface area contributed by atoms with Gasteiger partial charge in [-0.2, -0.15) is 8.42 Å². The molecule has 0 saturated heterocycles. The highest BCUT2D eigenvalue weighted by atomic mass is 32.2. The first kappa shape index (κ1) is 22.5. The molecule has 0 radical (unpaired) electrons. The molecule has 0 fully saturated rings. The smallest absolute Gasteiger partial charge is 0.333 e. The van der Waals surface area contributed by atoms with E-state index < -0.39 is 35.3 Å². The maximum atomic E-state index is 11.0. The summed E-state index contributed by atoms with van der Waals surface area (Å²) in [6.45, 7) is -0.580. The fraction of sp³-hybridized carbons (Fsp3) is 0.421. The summed E-state index contributed by atoms with van der Waals surface area (Å²) in [5.41, 5.74) is 3.18. The number of aryl methyl sites for hydroxylation is 1. The van der Waals surface area contributed by atoms with Crippen molar-refractivity contribution < 1.29 is 27.6 Å². The van der Waals surface area contributed by atoms with Crippen LogP contribution < -0.4 is 10.5 Å². The summed E-state index contributed by atoms with van der Waals surface area (Å²) < 4.78 is 32.8. The molecule has 0 spiro atoms. The SMILES string of the molecule is CO[C@H](COS(N)(=O)=O)[C@@H](O)[C@@H](O)n1cnc2c(N[C@H]3CCc4ccccc43)ncnc21. The lowest BCUT2D eigenvalue weighted by molar-refractivity contribution is -0.112. The van der Waals surface area contributed by atoms with Gasteiger partial charge in [-0.05, 0) is 24.0 Å². The molecule has 0 amide bonds. The molecule has 5 N–H and O–H groups in total. The fourth-order valence-corrected chi connectivity index (χ4v) is 4.17. The zero-order chi connectivity index (χ0) is 22.9. The number of rotatable bonds is 9. The Morgan fingerprint density at radius 3 is 2.81 bits per heavy atom. The molecule has 3 aromatic rings. The maximum Gasteiger partial charge on any atom is 0.333 e. The second-order valence-corrected chi connectivity index (χ2v) is 8.66. The number of fused-ring (bicyclic) bond motifs is 2. The second-order valence-electron chi connectivity index (χ2n) is 7.44. The Kier molecular flexibility index (Phi) is 6.37. The van der Waals surface area contributed by atoms with Crippen molar-refractivity contribution >= 4 is 27.3 Å². The van der Waals surface area contributed by atoms with Gasteiger partial charge < -0.3 is 20.3 Å². The van der Waals surface area contributed by atoms with Gasteiger partial charge in [-0.3, -0.25) is 8.75 Å². The topological polar surface area (TPSA) is 175 Å². The number of aliphatic hydroxyl groups excluding tert-OH is 2. The van der Waals surface area contributed by atoms with E-state index in [2.05, 4.69) is 36.6 Å². The molecule has 1 aromatic carbocycles. The summed E-state index contributed by atoms with van der Waals surface area (Å²) in [7, 11) is -3.00. The van der Waals surface area contributed by atoms with Crippen molar-refractivity contribution in [3.63, 3.8) is 0 Å². The number of hydrogen-bond donors (Lipinski definition) is 4. The predicted octanol–water partition coefficient (Wildman–Crippen LogP) is 0.0126. The molecule has 4 rings (SSSR count). The van der Waals surface area contributed by atoms with Gasteiger partial charge in [-0.25, -0.2) is 20.1 Å². The summed E-state index contributed by atoms with van der Waals surface area (Å²) >= 11 is 0. The van der Waals surface area contributed by atoms with E-state index in [0.717, 1.165) is 12.8 Å². The number of nitrogens with one attached hydrogen (secondary N) is 1. The Morgan fingerprint density at radius 2 is 2.06 bits per heavy atom. The van der Waals surface area contributed by atoms with Crippen LogP contribution in [0, 0.1) is 0 Å². The third kappa shape index (κ3) is 4.57. The van der Waals surface area contributed by atoms with Crippen LogP contribution in [0.1, 0.15) is 29.8 Å². The normalized spacial score (nSPS) is 18.9. The van der Waals surface area contributed by atoms with Crippen molar-refractivity contribution in [2.75, 3.05) is 19.0 Å². The van der Waals surface area contributed by atoms with Crippen LogP contribution in [0.3, 0.4) is 0 Å². The summed E-state index contributed by atoms with van der Waals surface area (Å²) in [6, 6.07) is 8.25. The number of nitrogens with two attached hydrogens (primary N) is 1. The van der Waals surface area contributed by atoms with E-state index >= 15 is 0 Å². The van der Waals surface area contributed by atoms with Crippen LogP contribution in [0.4, 0.5) is 5.82 Å². The molecular weight excluding hydrogens is 440 g/mol. The zero-order valence-corrected chi connectivity index (χ0v) is 18.0. The molecule has 172 valence electrons. The quantitative estimate of drug-likeness (QED) is 0.338. The van der Waals surface area contributed by atoms with Gasteiger partial charge in [0.1, 0.15) is 18.5 Å². The van der Waals surface area contributed by atoms with Crippen LogP contribution in [0.25, 0.3) is 11.2 Å². The molecule has 13 heteroatoms. The highest BCUT2D eigenvalue weighted by Gasteiger charge is 2.31. The number of ether oxygens (including phenoxy) is 1. The second kappa shape index (κ2) is 9.05. The molecule has 1 aliphatic rings. The number of anilines is 1. The van der Waals surface area contributed by atoms with Crippen molar-refractivity contribution in [2.24, 2.45) is 5.14 Å². The minimum Gasteiger partial charge on any atom is -0.386 e. The van der Waals surface area contributed by atoms with E-state index in [1.165, 1.54) is 35.5 Å². The summed E-state index contributed by atoms with van der Waals surface area (Å²) in [4.78, 5) is 12.8. The fourth-order valence-electron chi connectivity index (χ4n) is 3.85. The van der Waals surface area contributed by atoms with Gasteiger partial charge in [0.15, 0.2) is 23.2 Å². The van der Waals surface area contributed by atoms with Gasteiger partial charge in [-0.15, -0.1) is 0 Å². The lowest BCUT2D eigenvalue weighted by Crippen LogP contribution is -2.40. The minimum absolute atomic E-state index is 0.0678. The monoisotopic (exact) mass is 464 g/mol. The van der Waals surface area contributed by atoms with Crippen molar-refractivity contribution in [1.82, 2.24) is 19.5 Å². The van der Waals surface area contributed by atoms with Crippen LogP contribution in [-0.4, -0.2) is 64.1 Å². The molecule has 0 aliphatic heterocycles. The van der Waals surface area contributed by atoms with Crippen LogP contribution in [-0.2, 0) is 25.6 Å². The number of benzene rings is 1. The standard InChI is InChI=1S/C19H24N6O6S/c1-30-14(8-31-32(20,28)29)16(26)19(27)25-10-23-15-17(21-9-22-18(15)25)24-13-7-6-11-4-2-3-5-12(11)13/h2-5,9-10,13-14,16,19,26-27H,6-8H2,1H3,(H2,20,28,29)(H,21,22,24)/t13-,14+,16+,19+/m0/s1. The van der Waals surface area contributed by atoms with Crippen molar-refractivity contribution in [3.05, 3.63) is 48.0 Å². The van der Waals surface area contributed by atoms with Crippen molar-refractivity contribution in [3.8, 4) is 0 Å². The third-order valence-electron chi connectivity index (χ3n) is 5.47. The molecule has 0 unspecified atom stereocenters. The van der Waals surface area contributed by atoms with Gasteiger partial charge in [0.2, 0.25) is 0 Å². The van der Waals surface area contributed by atoms with Crippen molar-refractivity contribution in [2.45, 2.75) is 37.3 Å². The Balaban J connectivity index is 1.56. The molecular formula is C19H24N6O6S. The Labute approximate surface area is 184 Å². The van der Waals surface area contributed by atoms with E-state index in [4.69, 9.17) is 9.88 Å². The van der Waals surface area contributed by atoms with E-state index in [0.29, 0.717) is 11.3 Å². The number of aliphatic hydroxyl groups is 2. The number of nitrogens with zero attached hydrogens (tertiary/aromatic N) is 4. The first-order valence-electron chi connectivity index (χ1n) is 9.86. The molecule has 2 aromatic heterocycles. The summed E-state index contributed by atoms with van der Waals surface area (Å²) in [6.07, 6.45) is 0.216. The number of hydrogen-bond acceptors (Lipinski definition) is 10. The number of methoxy groups -OCH3 is 1. The molecule has 1 aliphatic carbocycles. The number of imidazole rings is 1. The van der Waals surface area contributed by atoms with Gasteiger partial charge in [0, 0.05) is 7.11 Å². The first-order chi connectivity index (χ1) is 15.3. The molecule has 4 atom stereocenters. The zero-order valence-electron chi connectivity index (χ0n) is 17.2. The van der Waals surface area contributed by atoms with Crippen LogP contribution in [0.5, 0.6) is 0 Å². The van der Waals surface area contributed by atoms with E-state index in [1.807, 2.05) is 12.1 Å². The van der Waals surface area contributed by atoms with Crippen LogP contribution in [0.2, 0.25) is 0 Å². The highest BCUT2D eigenvalue weighted by molar-refractivity contribution is 7.84. The average molecular weight is 465 g/mol. The van der Waals surface area contributed by atoms with Crippen LogP contribution in [0.15, 0.2) is 36.9 Å². The lowest BCUT2D eigenvalue weighted by Gasteiger charge is -2.26. The molecule has 12 nitrogen and oxygen atoms in total. The molecule has 32 heavy (non-hydrogen) atoms. The van der Waals surface area contributed by atoms with Crippen LogP contribution >= 0.6 is 0 Å². The summed E-state index contributed by atoms with van der Waals surface area (Å²) in [5, 5.41) is 29.4. The maximum absolute atomic E-state index is 11.0. The van der Waals surface area contributed by atoms with Gasteiger partial charge in [-0.1, -0.05) is 24.3 Å². The average Bonchev–Trinajstić information content (AvgIpc) is 3.38. The molecule has 0 bridgehead atoms. The highest BCUT2D eigenvalue weighted by Crippen LogP contribution is 2.34. The molecule has 2 heterocycles. The minimum atomic E-state index is -4.24. The van der Waals surface area contributed by atoms with Crippen molar-refractivity contribution in [1.29, 1.82) is 0 Å². The van der Waals surface area contributed by atoms with Gasteiger partial charge >= 0.3 is 10.3 Å². The Bertz CT molecular complexity index is 1200. The van der Waals surface area contributed by atoms with E-state index in [-0.39, 0.29) is 11.7 Å². The number of aromatic nitrogens is 4. The lowest BCUT2D eigenvalue weighted by atomic mass is 10.1.